The summed E-state index contributed by atoms with van der Waals surface area (Å²) in [5, 5.41) is 0.409. The molecule has 2 heterocycles. The molecule has 1 unspecified atom stereocenters. The van der Waals surface area contributed by atoms with Gasteiger partial charge in [-0.3, -0.25) is 4.98 Å². The van der Waals surface area contributed by atoms with E-state index < -0.39 is 0 Å². The summed E-state index contributed by atoms with van der Waals surface area (Å²) in [6, 6.07) is 8.11. The van der Waals surface area contributed by atoms with Crippen molar-refractivity contribution in [3.8, 4) is 0 Å². The first-order valence-electron chi connectivity index (χ1n) is 6.32. The Kier molecular flexibility index (Phi) is 4.19. The van der Waals surface area contributed by atoms with Crippen molar-refractivity contribution in [3.05, 3.63) is 51.8 Å². The quantitative estimate of drug-likeness (QED) is 0.828. The molecule has 4 nitrogen and oxygen atoms in total. The number of rotatable bonds is 2. The molecule has 0 radical (unpaired) electrons. The van der Waals surface area contributed by atoms with Crippen LogP contribution in [0.25, 0.3) is 0 Å². The molecule has 6 heteroatoms. The summed E-state index contributed by atoms with van der Waals surface area (Å²) in [5.74, 6) is 0.790. The van der Waals surface area contributed by atoms with Gasteiger partial charge in [-0.25, -0.2) is 4.98 Å². The van der Waals surface area contributed by atoms with E-state index in [0.717, 1.165) is 28.9 Å². The van der Waals surface area contributed by atoms with Crippen LogP contribution in [-0.2, 0) is 4.74 Å². The Bertz CT molecular complexity index is 610. The van der Waals surface area contributed by atoms with Crippen molar-refractivity contribution >= 4 is 33.3 Å². The fourth-order valence-corrected chi connectivity index (χ4v) is 2.95. The number of benzene rings is 1. The number of hydrogen-bond donors (Lipinski definition) is 0. The number of anilines is 1. The van der Waals surface area contributed by atoms with E-state index in [-0.39, 0.29) is 6.10 Å². The minimum absolute atomic E-state index is 0.0140. The molecule has 0 saturated carbocycles. The van der Waals surface area contributed by atoms with Gasteiger partial charge in [0, 0.05) is 17.6 Å². The van der Waals surface area contributed by atoms with Gasteiger partial charge in [0.1, 0.15) is 17.1 Å². The molecule has 0 bridgehead atoms. The van der Waals surface area contributed by atoms with Crippen LogP contribution in [0.4, 0.5) is 5.82 Å². The van der Waals surface area contributed by atoms with Crippen molar-refractivity contribution in [1.29, 1.82) is 0 Å². The van der Waals surface area contributed by atoms with E-state index in [1.807, 2.05) is 18.2 Å². The maximum atomic E-state index is 5.90. The van der Waals surface area contributed by atoms with Crippen LogP contribution in [0.2, 0.25) is 5.15 Å². The first kappa shape index (κ1) is 13.8. The molecule has 1 aliphatic rings. The second kappa shape index (κ2) is 6.08. The second-order valence-electron chi connectivity index (χ2n) is 4.53. The number of nitrogens with zero attached hydrogens (tertiary/aromatic N) is 3. The van der Waals surface area contributed by atoms with Crippen LogP contribution in [0, 0.1) is 0 Å². The van der Waals surface area contributed by atoms with Crippen LogP contribution >= 0.6 is 27.5 Å². The minimum atomic E-state index is 0.0140. The maximum Gasteiger partial charge on any atom is 0.149 e. The van der Waals surface area contributed by atoms with Crippen LogP contribution in [0.15, 0.2) is 41.1 Å². The fraction of sp³-hybridized carbons (Fsp3) is 0.286. The third-order valence-corrected chi connectivity index (χ3v) is 4.14. The first-order chi connectivity index (χ1) is 9.74. The average Bonchev–Trinajstić information content (AvgIpc) is 2.48. The molecule has 1 aromatic carbocycles. The molecule has 0 amide bonds. The maximum absolute atomic E-state index is 5.90. The van der Waals surface area contributed by atoms with Crippen molar-refractivity contribution in [3.63, 3.8) is 0 Å². The van der Waals surface area contributed by atoms with Gasteiger partial charge in [0.25, 0.3) is 0 Å². The molecular formula is C14H13BrClN3O. The Morgan fingerprint density at radius 1 is 1.30 bits per heavy atom. The molecule has 3 rings (SSSR count). The van der Waals surface area contributed by atoms with Crippen molar-refractivity contribution in [2.45, 2.75) is 6.10 Å². The molecule has 0 spiro atoms. The van der Waals surface area contributed by atoms with Crippen molar-refractivity contribution in [2.75, 3.05) is 24.6 Å². The number of halogens is 2. The normalized spacial score (nSPS) is 19.1. The molecule has 104 valence electrons. The Morgan fingerprint density at radius 2 is 2.15 bits per heavy atom. The molecule has 0 N–H and O–H groups in total. The van der Waals surface area contributed by atoms with E-state index in [4.69, 9.17) is 16.3 Å². The third-order valence-electron chi connectivity index (χ3n) is 3.23. The Labute approximate surface area is 130 Å². The monoisotopic (exact) mass is 353 g/mol. The highest BCUT2D eigenvalue weighted by Gasteiger charge is 2.24. The van der Waals surface area contributed by atoms with Crippen LogP contribution in [-0.4, -0.2) is 29.7 Å². The van der Waals surface area contributed by atoms with E-state index in [2.05, 4.69) is 36.9 Å². The first-order valence-corrected chi connectivity index (χ1v) is 7.49. The third kappa shape index (κ3) is 2.95. The zero-order valence-electron chi connectivity index (χ0n) is 10.7. The predicted molar refractivity (Wildman–Crippen MR) is 82.1 cm³/mol. The van der Waals surface area contributed by atoms with Crippen LogP contribution in [0.3, 0.4) is 0 Å². The number of morpholine rings is 1. The standard InChI is InChI=1S/C14H13BrClN3O/c15-11-4-2-1-3-10(11)12-9-19(5-6-20-12)14-8-17-7-13(16)18-14/h1-4,7-8,12H,5-6,9H2. The highest BCUT2D eigenvalue weighted by atomic mass is 79.9. The summed E-state index contributed by atoms with van der Waals surface area (Å²) < 4.78 is 6.93. The lowest BCUT2D eigenvalue weighted by atomic mass is 10.1. The van der Waals surface area contributed by atoms with Crippen molar-refractivity contribution < 1.29 is 4.74 Å². The molecule has 2 aromatic rings. The summed E-state index contributed by atoms with van der Waals surface area (Å²) in [6.07, 6.45) is 3.28. The average molecular weight is 355 g/mol. The predicted octanol–water partition coefficient (Wildman–Crippen LogP) is 3.47. The lowest BCUT2D eigenvalue weighted by Crippen LogP contribution is -2.39. The van der Waals surface area contributed by atoms with E-state index in [1.165, 1.54) is 6.20 Å². The Hall–Kier alpha value is -1.17. The SMILES string of the molecule is Clc1cncc(N2CCOC(c3ccccc3Br)C2)n1. The topological polar surface area (TPSA) is 38.2 Å². The minimum Gasteiger partial charge on any atom is -0.370 e. The summed E-state index contributed by atoms with van der Waals surface area (Å²) >= 11 is 9.48. The van der Waals surface area contributed by atoms with Crippen molar-refractivity contribution in [1.82, 2.24) is 9.97 Å². The van der Waals surface area contributed by atoms with Gasteiger partial charge >= 0.3 is 0 Å². The van der Waals surface area contributed by atoms with Gasteiger partial charge in [-0.2, -0.15) is 0 Å². The molecule has 1 saturated heterocycles. The second-order valence-corrected chi connectivity index (χ2v) is 5.77. The van der Waals surface area contributed by atoms with Crippen LogP contribution in [0.1, 0.15) is 11.7 Å². The van der Waals surface area contributed by atoms with Gasteiger partial charge in [-0.05, 0) is 11.6 Å². The van der Waals surface area contributed by atoms with E-state index in [1.54, 1.807) is 6.20 Å². The summed E-state index contributed by atoms with van der Waals surface area (Å²) in [5.41, 5.74) is 1.15. The lowest BCUT2D eigenvalue weighted by molar-refractivity contribution is 0.0390. The zero-order chi connectivity index (χ0) is 13.9. The number of ether oxygens (including phenoxy) is 1. The van der Waals surface area contributed by atoms with Crippen LogP contribution in [0.5, 0.6) is 0 Å². The molecule has 1 aliphatic heterocycles. The molecule has 20 heavy (non-hydrogen) atoms. The highest BCUT2D eigenvalue weighted by molar-refractivity contribution is 9.10. The van der Waals surface area contributed by atoms with E-state index in [9.17, 15) is 0 Å². The molecule has 1 atom stereocenters. The summed E-state index contributed by atoms with van der Waals surface area (Å²) in [6.45, 7) is 2.17. The van der Waals surface area contributed by atoms with E-state index >= 15 is 0 Å². The highest BCUT2D eigenvalue weighted by Crippen LogP contribution is 2.30. The van der Waals surface area contributed by atoms with E-state index in [0.29, 0.717) is 11.8 Å². The fourth-order valence-electron chi connectivity index (χ4n) is 2.27. The van der Waals surface area contributed by atoms with Gasteiger partial charge in [0.15, 0.2) is 0 Å². The Morgan fingerprint density at radius 3 is 2.95 bits per heavy atom. The Balaban J connectivity index is 1.82. The summed E-state index contributed by atoms with van der Waals surface area (Å²) in [4.78, 5) is 10.5. The van der Waals surface area contributed by atoms with Gasteiger partial charge in [0.05, 0.1) is 19.0 Å². The number of aromatic nitrogens is 2. The molecule has 0 aliphatic carbocycles. The van der Waals surface area contributed by atoms with Gasteiger partial charge in [0.2, 0.25) is 0 Å². The molecule has 1 fully saturated rings. The summed E-state index contributed by atoms with van der Waals surface area (Å²) in [7, 11) is 0. The zero-order valence-corrected chi connectivity index (χ0v) is 13.0. The smallest absolute Gasteiger partial charge is 0.149 e. The van der Waals surface area contributed by atoms with Gasteiger partial charge < -0.3 is 9.64 Å². The van der Waals surface area contributed by atoms with Crippen molar-refractivity contribution in [2.24, 2.45) is 0 Å². The van der Waals surface area contributed by atoms with Gasteiger partial charge in [-0.15, -0.1) is 0 Å². The number of hydrogen-bond acceptors (Lipinski definition) is 4. The molecule has 1 aromatic heterocycles. The molecular weight excluding hydrogens is 342 g/mol. The van der Waals surface area contributed by atoms with Crippen LogP contribution < -0.4 is 4.90 Å². The van der Waals surface area contributed by atoms with Gasteiger partial charge in [-0.1, -0.05) is 45.7 Å². The lowest BCUT2D eigenvalue weighted by Gasteiger charge is -2.34. The largest absolute Gasteiger partial charge is 0.370 e.